The number of rotatable bonds is 6. The van der Waals surface area contributed by atoms with Crippen molar-refractivity contribution in [2.45, 2.75) is 23.5 Å². The van der Waals surface area contributed by atoms with Gasteiger partial charge in [-0.25, -0.2) is 13.1 Å². The molecule has 2 aromatic rings. The molecule has 1 saturated heterocycles. The highest BCUT2D eigenvalue weighted by Gasteiger charge is 2.54. The Hall–Kier alpha value is -1.73. The Morgan fingerprint density at radius 3 is 2.46 bits per heavy atom. The second-order valence-electron chi connectivity index (χ2n) is 6.94. The van der Waals surface area contributed by atoms with Gasteiger partial charge in [-0.15, -0.1) is 0 Å². The van der Waals surface area contributed by atoms with Crippen LogP contribution in [-0.2, 0) is 19.5 Å². The van der Waals surface area contributed by atoms with Gasteiger partial charge in [-0.3, -0.25) is 0 Å². The number of benzene rings is 2. The zero-order chi connectivity index (χ0) is 18.1. The van der Waals surface area contributed by atoms with Crippen LogP contribution >= 0.6 is 0 Å². The summed E-state index contributed by atoms with van der Waals surface area (Å²) in [6, 6.07) is 16.8. The van der Waals surface area contributed by atoms with E-state index in [-0.39, 0.29) is 28.9 Å². The van der Waals surface area contributed by atoms with Gasteiger partial charge in [0.1, 0.15) is 0 Å². The molecule has 1 aliphatic heterocycles. The minimum absolute atomic E-state index is 0.0749. The number of hydrogen-bond donors (Lipinski definition) is 1. The smallest absolute Gasteiger partial charge is 0.240 e. The van der Waals surface area contributed by atoms with Crippen molar-refractivity contribution in [1.29, 1.82) is 0 Å². The first-order chi connectivity index (χ1) is 12.6. The van der Waals surface area contributed by atoms with Gasteiger partial charge < -0.3 is 9.47 Å². The van der Waals surface area contributed by atoms with E-state index in [0.29, 0.717) is 13.2 Å². The Morgan fingerprint density at radius 1 is 1.08 bits per heavy atom. The van der Waals surface area contributed by atoms with Crippen molar-refractivity contribution in [3.05, 3.63) is 54.6 Å². The molecule has 2 aliphatic rings. The maximum Gasteiger partial charge on any atom is 0.240 e. The number of methoxy groups -OCH3 is 1. The largest absolute Gasteiger partial charge is 0.384 e. The molecule has 6 heteroatoms. The summed E-state index contributed by atoms with van der Waals surface area (Å²) in [7, 11) is -1.94. The quantitative estimate of drug-likeness (QED) is 0.846. The molecule has 4 rings (SSSR count). The van der Waals surface area contributed by atoms with Gasteiger partial charge in [-0.05, 0) is 29.7 Å². The molecule has 1 saturated carbocycles. The summed E-state index contributed by atoms with van der Waals surface area (Å²) < 4.78 is 39.5. The van der Waals surface area contributed by atoms with Crippen LogP contribution in [0.3, 0.4) is 0 Å². The van der Waals surface area contributed by atoms with E-state index in [1.807, 2.05) is 42.5 Å². The first kappa shape index (κ1) is 17.7. The topological polar surface area (TPSA) is 64.6 Å². The molecule has 1 heterocycles. The normalized spacial score (nSPS) is 27.7. The maximum absolute atomic E-state index is 12.8. The lowest BCUT2D eigenvalue weighted by Gasteiger charge is -2.47. The van der Waals surface area contributed by atoms with E-state index < -0.39 is 10.0 Å². The molecule has 0 spiro atoms. The molecule has 1 N–H and O–H groups in total. The van der Waals surface area contributed by atoms with E-state index in [1.54, 1.807) is 19.2 Å². The van der Waals surface area contributed by atoms with E-state index in [4.69, 9.17) is 9.47 Å². The van der Waals surface area contributed by atoms with E-state index >= 15 is 0 Å². The maximum atomic E-state index is 12.8. The van der Waals surface area contributed by atoms with Gasteiger partial charge in [0.15, 0.2) is 0 Å². The summed E-state index contributed by atoms with van der Waals surface area (Å²) >= 11 is 0. The lowest BCUT2D eigenvalue weighted by Crippen LogP contribution is -2.62. The molecule has 5 nitrogen and oxygen atoms in total. The Kier molecular flexibility index (Phi) is 4.84. The standard InChI is InChI=1S/C20H23NO4S/c1-24-13-18-19(17-11-12-25-20(17)18)21-26(22,23)16-9-7-15(8-10-16)14-5-3-2-4-6-14/h2-10,17-21H,11-13H2,1H3/t17-,18+,19-,20-/m0/s1. The zero-order valence-electron chi connectivity index (χ0n) is 14.7. The molecule has 0 aromatic heterocycles. The lowest BCUT2D eigenvalue weighted by molar-refractivity contribution is -0.0775. The predicted molar refractivity (Wildman–Crippen MR) is 99.2 cm³/mol. The van der Waals surface area contributed by atoms with Crippen LogP contribution in [0.4, 0.5) is 0 Å². The zero-order valence-corrected chi connectivity index (χ0v) is 15.5. The van der Waals surface area contributed by atoms with Crippen molar-refractivity contribution < 1.29 is 17.9 Å². The molecule has 2 fully saturated rings. The van der Waals surface area contributed by atoms with Crippen LogP contribution in [0.1, 0.15) is 6.42 Å². The first-order valence-corrected chi connectivity index (χ1v) is 10.4. The van der Waals surface area contributed by atoms with Crippen molar-refractivity contribution in [2.75, 3.05) is 20.3 Å². The third-order valence-corrected chi connectivity index (χ3v) is 6.93. The second kappa shape index (κ2) is 7.12. The van der Waals surface area contributed by atoms with Gasteiger partial charge in [0.25, 0.3) is 0 Å². The van der Waals surface area contributed by atoms with Crippen molar-refractivity contribution >= 4 is 10.0 Å². The number of ether oxygens (including phenoxy) is 2. The van der Waals surface area contributed by atoms with Crippen molar-refractivity contribution in [3.63, 3.8) is 0 Å². The minimum Gasteiger partial charge on any atom is -0.384 e. The van der Waals surface area contributed by atoms with Gasteiger partial charge in [-0.2, -0.15) is 0 Å². The molecule has 138 valence electrons. The average molecular weight is 373 g/mol. The van der Waals surface area contributed by atoms with Crippen LogP contribution in [-0.4, -0.2) is 40.9 Å². The van der Waals surface area contributed by atoms with Crippen LogP contribution in [0.25, 0.3) is 11.1 Å². The first-order valence-electron chi connectivity index (χ1n) is 8.88. The fourth-order valence-electron chi connectivity index (χ4n) is 4.10. The summed E-state index contributed by atoms with van der Waals surface area (Å²) in [5.74, 6) is 0.319. The average Bonchev–Trinajstić information content (AvgIpc) is 3.10. The van der Waals surface area contributed by atoms with Crippen LogP contribution in [0, 0.1) is 11.8 Å². The molecule has 0 amide bonds. The molecule has 2 aromatic carbocycles. The molecule has 0 unspecified atom stereocenters. The monoisotopic (exact) mass is 373 g/mol. The molecule has 26 heavy (non-hydrogen) atoms. The molecule has 4 atom stereocenters. The third kappa shape index (κ3) is 3.18. The third-order valence-electron chi connectivity index (χ3n) is 5.45. The van der Waals surface area contributed by atoms with Gasteiger partial charge in [0.05, 0.1) is 17.6 Å². The fourth-order valence-corrected chi connectivity index (χ4v) is 5.44. The molecule has 1 aliphatic carbocycles. The van der Waals surface area contributed by atoms with E-state index in [0.717, 1.165) is 17.5 Å². The Balaban J connectivity index is 1.51. The van der Waals surface area contributed by atoms with Crippen molar-refractivity contribution in [3.8, 4) is 11.1 Å². The van der Waals surface area contributed by atoms with Crippen LogP contribution in [0.15, 0.2) is 59.5 Å². The number of hydrogen-bond acceptors (Lipinski definition) is 4. The highest BCUT2D eigenvalue weighted by atomic mass is 32.2. The minimum atomic E-state index is -3.57. The summed E-state index contributed by atoms with van der Waals surface area (Å²) in [5.41, 5.74) is 2.06. The Morgan fingerprint density at radius 2 is 1.77 bits per heavy atom. The van der Waals surface area contributed by atoms with Gasteiger partial charge >= 0.3 is 0 Å². The molecular weight excluding hydrogens is 350 g/mol. The Bertz CT molecular complexity index is 851. The van der Waals surface area contributed by atoms with Gasteiger partial charge in [-0.1, -0.05) is 42.5 Å². The highest BCUT2D eigenvalue weighted by molar-refractivity contribution is 7.89. The summed E-state index contributed by atoms with van der Waals surface area (Å²) in [6.45, 7) is 1.20. The van der Waals surface area contributed by atoms with Crippen LogP contribution in [0.5, 0.6) is 0 Å². The molecular formula is C20H23NO4S. The van der Waals surface area contributed by atoms with Crippen molar-refractivity contribution in [1.82, 2.24) is 4.72 Å². The van der Waals surface area contributed by atoms with E-state index in [1.165, 1.54) is 0 Å². The highest BCUT2D eigenvalue weighted by Crippen LogP contribution is 2.44. The Labute approximate surface area is 154 Å². The van der Waals surface area contributed by atoms with Gasteiger partial charge in [0, 0.05) is 31.6 Å². The number of sulfonamides is 1. The molecule has 0 bridgehead atoms. The fraction of sp³-hybridized carbons (Fsp3) is 0.400. The number of fused-ring (bicyclic) bond motifs is 1. The predicted octanol–water partition coefficient (Wildman–Crippen LogP) is 2.68. The van der Waals surface area contributed by atoms with E-state index in [9.17, 15) is 8.42 Å². The van der Waals surface area contributed by atoms with Crippen molar-refractivity contribution in [2.24, 2.45) is 11.8 Å². The summed E-state index contributed by atoms with van der Waals surface area (Å²) in [6.07, 6.45) is 1.01. The molecule has 0 radical (unpaired) electrons. The van der Waals surface area contributed by atoms with E-state index in [2.05, 4.69) is 4.72 Å². The SMILES string of the molecule is COC[C@@H]1[C@@H](NS(=O)(=O)c2ccc(-c3ccccc3)cc2)[C@@H]2CCO[C@H]12. The summed E-state index contributed by atoms with van der Waals surface area (Å²) in [4.78, 5) is 0.288. The second-order valence-corrected chi connectivity index (χ2v) is 8.66. The lowest BCUT2D eigenvalue weighted by atomic mass is 9.68. The number of nitrogens with one attached hydrogen (secondary N) is 1. The van der Waals surface area contributed by atoms with Gasteiger partial charge in [0.2, 0.25) is 10.0 Å². The van der Waals surface area contributed by atoms with Crippen LogP contribution < -0.4 is 4.72 Å². The summed E-state index contributed by atoms with van der Waals surface area (Å²) in [5, 5.41) is 0. The van der Waals surface area contributed by atoms with Crippen LogP contribution in [0.2, 0.25) is 0 Å².